The summed E-state index contributed by atoms with van der Waals surface area (Å²) >= 11 is 5.78. The van der Waals surface area contributed by atoms with Crippen LogP contribution in [0.1, 0.15) is 47.7 Å². The zero-order valence-corrected chi connectivity index (χ0v) is 13.3. The Morgan fingerprint density at radius 1 is 1.14 bits per heavy atom. The molecular formula is C17H18ClNO3. The summed E-state index contributed by atoms with van der Waals surface area (Å²) in [5.74, 6) is 1.25. The third-order valence-corrected chi connectivity index (χ3v) is 3.56. The SMILES string of the molecule is Cc1ccc(C(C)NC(=O)CCC(=O)c2ccc(Cl)cc2)o1. The molecule has 0 saturated carbocycles. The highest BCUT2D eigenvalue weighted by molar-refractivity contribution is 6.30. The predicted octanol–water partition coefficient (Wildman–Crippen LogP) is 4.08. The molecule has 2 aromatic rings. The molecule has 1 amide bonds. The first-order valence-electron chi connectivity index (χ1n) is 7.10. The van der Waals surface area contributed by atoms with Gasteiger partial charge in [-0.2, -0.15) is 0 Å². The number of hydrogen-bond acceptors (Lipinski definition) is 3. The number of amides is 1. The Morgan fingerprint density at radius 2 is 1.82 bits per heavy atom. The number of halogens is 1. The van der Waals surface area contributed by atoms with Crippen molar-refractivity contribution in [2.75, 3.05) is 0 Å². The van der Waals surface area contributed by atoms with Crippen molar-refractivity contribution in [3.05, 3.63) is 58.5 Å². The molecule has 1 atom stereocenters. The average Bonchev–Trinajstić information content (AvgIpc) is 2.92. The van der Waals surface area contributed by atoms with Gasteiger partial charge in [0.1, 0.15) is 11.5 Å². The van der Waals surface area contributed by atoms with Gasteiger partial charge in [0.05, 0.1) is 6.04 Å². The van der Waals surface area contributed by atoms with E-state index >= 15 is 0 Å². The van der Waals surface area contributed by atoms with Crippen molar-refractivity contribution in [2.24, 2.45) is 0 Å². The summed E-state index contributed by atoms with van der Waals surface area (Å²) < 4.78 is 5.46. The molecular weight excluding hydrogens is 302 g/mol. The molecule has 4 nitrogen and oxygen atoms in total. The van der Waals surface area contributed by atoms with Gasteiger partial charge >= 0.3 is 0 Å². The van der Waals surface area contributed by atoms with E-state index in [1.165, 1.54) is 0 Å². The predicted molar refractivity (Wildman–Crippen MR) is 85.0 cm³/mol. The Labute approximate surface area is 134 Å². The number of Topliss-reactive ketones (excluding diaryl/α,β-unsaturated/α-hetero) is 1. The lowest BCUT2D eigenvalue weighted by molar-refractivity contribution is -0.121. The Balaban J connectivity index is 1.82. The zero-order chi connectivity index (χ0) is 16.1. The normalized spacial score (nSPS) is 12.0. The Bertz CT molecular complexity index is 661. The number of nitrogens with one attached hydrogen (secondary N) is 1. The van der Waals surface area contributed by atoms with Crippen molar-refractivity contribution in [3.63, 3.8) is 0 Å². The summed E-state index contributed by atoms with van der Waals surface area (Å²) in [5, 5.41) is 3.40. The Kier molecular flexibility index (Phi) is 5.39. The van der Waals surface area contributed by atoms with Gasteiger partial charge in [-0.1, -0.05) is 11.6 Å². The number of rotatable bonds is 6. The summed E-state index contributed by atoms with van der Waals surface area (Å²) in [6, 6.07) is 10.1. The van der Waals surface area contributed by atoms with Gasteiger partial charge < -0.3 is 9.73 Å². The monoisotopic (exact) mass is 319 g/mol. The fraction of sp³-hybridized carbons (Fsp3) is 0.294. The van der Waals surface area contributed by atoms with Crippen LogP contribution in [0.25, 0.3) is 0 Å². The van der Waals surface area contributed by atoms with Crippen LogP contribution in [0.2, 0.25) is 5.02 Å². The van der Waals surface area contributed by atoms with Gasteiger partial charge in [0.15, 0.2) is 5.78 Å². The molecule has 2 rings (SSSR count). The van der Waals surface area contributed by atoms with E-state index in [0.717, 1.165) is 5.76 Å². The molecule has 5 heteroatoms. The molecule has 1 aromatic heterocycles. The number of hydrogen-bond donors (Lipinski definition) is 1. The van der Waals surface area contributed by atoms with Crippen LogP contribution in [0, 0.1) is 6.92 Å². The van der Waals surface area contributed by atoms with Crippen LogP contribution in [0.4, 0.5) is 0 Å². The standard InChI is InChI=1S/C17H18ClNO3/c1-11-3-9-16(22-11)12(2)19-17(21)10-8-15(20)13-4-6-14(18)7-5-13/h3-7,9,12H,8,10H2,1-2H3,(H,19,21). The molecule has 0 spiro atoms. The third kappa shape index (κ3) is 4.46. The van der Waals surface area contributed by atoms with E-state index in [-0.39, 0.29) is 30.6 Å². The second-order valence-corrected chi connectivity index (χ2v) is 5.60. The largest absolute Gasteiger partial charge is 0.464 e. The minimum atomic E-state index is -0.216. The van der Waals surface area contributed by atoms with Crippen LogP contribution in [-0.2, 0) is 4.79 Å². The van der Waals surface area contributed by atoms with Crippen LogP contribution in [0.3, 0.4) is 0 Å². The van der Waals surface area contributed by atoms with Crippen LogP contribution in [0.15, 0.2) is 40.8 Å². The fourth-order valence-electron chi connectivity index (χ4n) is 2.08. The van der Waals surface area contributed by atoms with Crippen molar-refractivity contribution < 1.29 is 14.0 Å². The van der Waals surface area contributed by atoms with E-state index in [4.69, 9.17) is 16.0 Å². The van der Waals surface area contributed by atoms with E-state index in [1.54, 1.807) is 24.3 Å². The third-order valence-electron chi connectivity index (χ3n) is 3.31. The molecule has 0 aliphatic heterocycles. The molecule has 0 saturated heterocycles. The van der Waals surface area contributed by atoms with E-state index in [0.29, 0.717) is 16.3 Å². The van der Waals surface area contributed by atoms with E-state index in [1.807, 2.05) is 26.0 Å². The summed E-state index contributed by atoms with van der Waals surface area (Å²) in [6.07, 6.45) is 0.308. The first kappa shape index (κ1) is 16.3. The molecule has 1 heterocycles. The second-order valence-electron chi connectivity index (χ2n) is 5.17. The van der Waals surface area contributed by atoms with Crippen molar-refractivity contribution in [1.82, 2.24) is 5.32 Å². The van der Waals surface area contributed by atoms with Crippen LogP contribution < -0.4 is 5.32 Å². The van der Waals surface area contributed by atoms with Crippen LogP contribution in [-0.4, -0.2) is 11.7 Å². The highest BCUT2D eigenvalue weighted by Crippen LogP contribution is 2.16. The summed E-state index contributed by atoms with van der Waals surface area (Å²) in [5.41, 5.74) is 0.562. The molecule has 1 N–H and O–H groups in total. The maximum atomic E-state index is 12.0. The quantitative estimate of drug-likeness (QED) is 0.816. The molecule has 0 aliphatic rings. The fourth-order valence-corrected chi connectivity index (χ4v) is 2.20. The van der Waals surface area contributed by atoms with Gasteiger partial charge in [0.2, 0.25) is 5.91 Å². The van der Waals surface area contributed by atoms with E-state index in [2.05, 4.69) is 5.32 Å². The van der Waals surface area contributed by atoms with Gasteiger partial charge in [-0.3, -0.25) is 9.59 Å². The van der Waals surface area contributed by atoms with Gasteiger partial charge in [-0.05, 0) is 50.2 Å². The number of benzene rings is 1. The first-order valence-corrected chi connectivity index (χ1v) is 7.48. The Morgan fingerprint density at radius 3 is 2.41 bits per heavy atom. The lowest BCUT2D eigenvalue weighted by Crippen LogP contribution is -2.26. The lowest BCUT2D eigenvalue weighted by Gasteiger charge is -2.11. The second kappa shape index (κ2) is 7.27. The summed E-state index contributed by atoms with van der Waals surface area (Å²) in [7, 11) is 0. The number of furan rings is 1. The number of carbonyl (C=O) groups excluding carboxylic acids is 2. The van der Waals surface area contributed by atoms with Crippen molar-refractivity contribution in [2.45, 2.75) is 32.7 Å². The molecule has 116 valence electrons. The van der Waals surface area contributed by atoms with Crippen molar-refractivity contribution >= 4 is 23.3 Å². The smallest absolute Gasteiger partial charge is 0.221 e. The van der Waals surface area contributed by atoms with Gasteiger partial charge in [-0.25, -0.2) is 0 Å². The number of aryl methyl sites for hydroxylation is 1. The molecule has 1 unspecified atom stereocenters. The topological polar surface area (TPSA) is 59.3 Å². The molecule has 1 aromatic carbocycles. The highest BCUT2D eigenvalue weighted by Gasteiger charge is 2.14. The first-order chi connectivity index (χ1) is 10.5. The number of ketones is 1. The molecule has 0 fully saturated rings. The Hall–Kier alpha value is -2.07. The van der Waals surface area contributed by atoms with E-state index < -0.39 is 0 Å². The summed E-state index contributed by atoms with van der Waals surface area (Å²) in [4.78, 5) is 23.9. The maximum Gasteiger partial charge on any atom is 0.221 e. The molecule has 0 bridgehead atoms. The van der Waals surface area contributed by atoms with Gasteiger partial charge in [-0.15, -0.1) is 0 Å². The lowest BCUT2D eigenvalue weighted by atomic mass is 10.1. The maximum absolute atomic E-state index is 12.0. The highest BCUT2D eigenvalue weighted by atomic mass is 35.5. The molecule has 0 radical (unpaired) electrons. The van der Waals surface area contributed by atoms with Crippen LogP contribution >= 0.6 is 11.6 Å². The van der Waals surface area contributed by atoms with Crippen molar-refractivity contribution in [3.8, 4) is 0 Å². The zero-order valence-electron chi connectivity index (χ0n) is 12.6. The molecule has 22 heavy (non-hydrogen) atoms. The van der Waals surface area contributed by atoms with Crippen LogP contribution in [0.5, 0.6) is 0 Å². The number of carbonyl (C=O) groups is 2. The molecule has 0 aliphatic carbocycles. The average molecular weight is 320 g/mol. The van der Waals surface area contributed by atoms with E-state index in [9.17, 15) is 9.59 Å². The minimum absolute atomic E-state index is 0.0756. The van der Waals surface area contributed by atoms with Gasteiger partial charge in [0, 0.05) is 23.4 Å². The minimum Gasteiger partial charge on any atom is -0.464 e. The van der Waals surface area contributed by atoms with Crippen molar-refractivity contribution in [1.29, 1.82) is 0 Å². The summed E-state index contributed by atoms with van der Waals surface area (Å²) in [6.45, 7) is 3.69. The van der Waals surface area contributed by atoms with Gasteiger partial charge in [0.25, 0.3) is 0 Å².